The molecule has 0 atom stereocenters. The summed E-state index contributed by atoms with van der Waals surface area (Å²) in [6, 6.07) is 17.7. The Morgan fingerprint density at radius 3 is 2.36 bits per heavy atom. The van der Waals surface area contributed by atoms with Gasteiger partial charge in [-0.3, -0.25) is 14.6 Å². The molecule has 1 fully saturated rings. The van der Waals surface area contributed by atoms with E-state index >= 15 is 0 Å². The molecule has 0 spiro atoms. The first-order valence-electron chi connectivity index (χ1n) is 13.5. The zero-order valence-corrected chi connectivity index (χ0v) is 22.7. The number of hydrogen-bond donors (Lipinski definition) is 1. The van der Waals surface area contributed by atoms with Gasteiger partial charge < -0.3 is 14.7 Å². The molecule has 0 bridgehead atoms. The van der Waals surface area contributed by atoms with Crippen molar-refractivity contribution in [3.8, 4) is 11.1 Å². The number of amides is 2. The van der Waals surface area contributed by atoms with Crippen LogP contribution in [0.5, 0.6) is 0 Å². The molecule has 0 saturated carbocycles. The monoisotopic (exact) mass is 522 g/mol. The Kier molecular flexibility index (Phi) is 7.87. The van der Waals surface area contributed by atoms with E-state index < -0.39 is 0 Å². The van der Waals surface area contributed by atoms with Crippen LogP contribution in [-0.2, 0) is 6.42 Å². The van der Waals surface area contributed by atoms with Crippen LogP contribution in [0.2, 0.25) is 0 Å². The number of nitrogens with one attached hydrogen (secondary N) is 1. The predicted molar refractivity (Wildman–Crippen MR) is 152 cm³/mol. The molecular formula is C32H34N4O3. The first kappa shape index (κ1) is 26.4. The molecule has 1 saturated heterocycles. The van der Waals surface area contributed by atoms with Gasteiger partial charge in [0.1, 0.15) is 6.26 Å². The van der Waals surface area contributed by atoms with E-state index in [0.29, 0.717) is 41.7 Å². The number of benzene rings is 2. The number of carbonyl (C=O) groups is 2. The molecule has 4 aromatic rings. The van der Waals surface area contributed by atoms with Gasteiger partial charge in [0.2, 0.25) is 0 Å². The van der Waals surface area contributed by atoms with Crippen molar-refractivity contribution in [2.45, 2.75) is 46.0 Å². The summed E-state index contributed by atoms with van der Waals surface area (Å²) in [7, 11) is 0. The van der Waals surface area contributed by atoms with Gasteiger partial charge in [0.25, 0.3) is 11.8 Å². The second-order valence-electron chi connectivity index (χ2n) is 10.7. The fourth-order valence-electron chi connectivity index (χ4n) is 5.08. The molecule has 2 amide bonds. The molecule has 0 unspecified atom stereocenters. The zero-order chi connectivity index (χ0) is 27.4. The average Bonchev–Trinajstić information content (AvgIpc) is 3.49. The molecule has 5 rings (SSSR count). The van der Waals surface area contributed by atoms with Crippen LogP contribution in [0.25, 0.3) is 11.1 Å². The molecule has 7 heteroatoms. The van der Waals surface area contributed by atoms with Crippen molar-refractivity contribution >= 4 is 17.5 Å². The summed E-state index contributed by atoms with van der Waals surface area (Å²) in [5.41, 5.74) is 6.92. The Balaban J connectivity index is 1.20. The summed E-state index contributed by atoms with van der Waals surface area (Å²) < 4.78 is 4.94. The lowest BCUT2D eigenvalue weighted by molar-refractivity contribution is 0.0712. The fraction of sp³-hybridized carbons (Fsp3) is 0.312. The maximum atomic E-state index is 13.4. The van der Waals surface area contributed by atoms with Crippen molar-refractivity contribution in [2.75, 3.05) is 18.4 Å². The van der Waals surface area contributed by atoms with E-state index in [1.807, 2.05) is 30.0 Å². The van der Waals surface area contributed by atoms with E-state index in [4.69, 9.17) is 4.52 Å². The standard InChI is InChI=1S/C32H34N4O3/c1-21(2)16-29-11-10-27(18-33-29)31(37)35-30-17-26(5-4-22(30)3)32(38)36-14-12-25(13-15-36)23-6-8-24(9-7-23)28-19-34-39-20-28/h4-11,17-21,25H,12-16H2,1-3H3,(H,35,37). The second kappa shape index (κ2) is 11.6. The Bertz CT molecular complexity index is 1420. The topological polar surface area (TPSA) is 88.3 Å². The Morgan fingerprint density at radius 1 is 0.974 bits per heavy atom. The van der Waals surface area contributed by atoms with Gasteiger partial charge in [0.15, 0.2) is 0 Å². The van der Waals surface area contributed by atoms with Crippen LogP contribution in [0, 0.1) is 12.8 Å². The number of carbonyl (C=O) groups excluding carboxylic acids is 2. The third kappa shape index (κ3) is 6.25. The normalized spacial score (nSPS) is 14.0. The molecule has 0 aliphatic carbocycles. The van der Waals surface area contributed by atoms with Crippen molar-refractivity contribution in [3.63, 3.8) is 0 Å². The number of aromatic nitrogens is 2. The van der Waals surface area contributed by atoms with Gasteiger partial charge in [-0.15, -0.1) is 0 Å². The quantitative estimate of drug-likeness (QED) is 0.299. The summed E-state index contributed by atoms with van der Waals surface area (Å²) in [6.07, 6.45) is 7.66. The van der Waals surface area contributed by atoms with Crippen molar-refractivity contribution < 1.29 is 14.1 Å². The lowest BCUT2D eigenvalue weighted by atomic mass is 9.88. The molecule has 1 aliphatic rings. The van der Waals surface area contributed by atoms with E-state index in [2.05, 4.69) is 53.6 Å². The van der Waals surface area contributed by atoms with E-state index in [1.54, 1.807) is 30.8 Å². The Labute approximate surface area is 229 Å². The summed E-state index contributed by atoms with van der Waals surface area (Å²) in [4.78, 5) is 32.6. The van der Waals surface area contributed by atoms with Crippen molar-refractivity contribution in [2.24, 2.45) is 5.92 Å². The number of piperidine rings is 1. The molecule has 7 nitrogen and oxygen atoms in total. The Morgan fingerprint density at radius 2 is 1.72 bits per heavy atom. The zero-order valence-electron chi connectivity index (χ0n) is 22.7. The number of rotatable bonds is 7. The van der Waals surface area contributed by atoms with Crippen LogP contribution in [0.3, 0.4) is 0 Å². The maximum Gasteiger partial charge on any atom is 0.257 e. The lowest BCUT2D eigenvalue weighted by Crippen LogP contribution is -2.38. The van der Waals surface area contributed by atoms with E-state index in [1.165, 1.54) is 5.56 Å². The van der Waals surface area contributed by atoms with Crippen LogP contribution in [0.15, 0.2) is 77.8 Å². The molecular weight excluding hydrogens is 488 g/mol. The van der Waals surface area contributed by atoms with E-state index in [9.17, 15) is 9.59 Å². The first-order valence-corrected chi connectivity index (χ1v) is 13.5. The van der Waals surface area contributed by atoms with Gasteiger partial charge in [-0.05, 0) is 79.0 Å². The van der Waals surface area contributed by atoms with Crippen LogP contribution in [0.1, 0.15) is 70.1 Å². The van der Waals surface area contributed by atoms with Crippen LogP contribution in [-0.4, -0.2) is 39.9 Å². The van der Waals surface area contributed by atoms with Gasteiger partial charge >= 0.3 is 0 Å². The number of aryl methyl sites for hydroxylation is 1. The first-order chi connectivity index (χ1) is 18.9. The number of nitrogens with zero attached hydrogens (tertiary/aromatic N) is 3. The van der Waals surface area contributed by atoms with E-state index in [-0.39, 0.29) is 11.8 Å². The number of likely N-dealkylation sites (tertiary alicyclic amines) is 1. The van der Waals surface area contributed by atoms with Crippen LogP contribution >= 0.6 is 0 Å². The summed E-state index contributed by atoms with van der Waals surface area (Å²) in [5.74, 6) is 0.677. The van der Waals surface area contributed by atoms with Gasteiger partial charge in [-0.1, -0.05) is 49.3 Å². The maximum absolute atomic E-state index is 13.4. The van der Waals surface area contributed by atoms with Gasteiger partial charge in [0.05, 0.1) is 11.8 Å². The average molecular weight is 523 g/mol. The molecule has 39 heavy (non-hydrogen) atoms. The molecule has 1 N–H and O–H groups in total. The lowest BCUT2D eigenvalue weighted by Gasteiger charge is -2.32. The number of pyridine rings is 1. The molecule has 3 heterocycles. The highest BCUT2D eigenvalue weighted by Crippen LogP contribution is 2.31. The number of anilines is 1. The van der Waals surface area contributed by atoms with Crippen LogP contribution in [0.4, 0.5) is 5.69 Å². The highest BCUT2D eigenvalue weighted by molar-refractivity contribution is 6.05. The van der Waals surface area contributed by atoms with Gasteiger partial charge in [-0.2, -0.15) is 0 Å². The largest absolute Gasteiger partial charge is 0.364 e. The Hall–Kier alpha value is -4.26. The molecule has 2 aromatic heterocycles. The molecule has 1 aliphatic heterocycles. The highest BCUT2D eigenvalue weighted by atomic mass is 16.5. The smallest absolute Gasteiger partial charge is 0.257 e. The minimum absolute atomic E-state index is 0.00791. The molecule has 200 valence electrons. The minimum Gasteiger partial charge on any atom is -0.364 e. The SMILES string of the molecule is Cc1ccc(C(=O)N2CCC(c3ccc(-c4cnoc4)cc3)CC2)cc1NC(=O)c1ccc(CC(C)C)nc1. The molecule has 2 aromatic carbocycles. The summed E-state index contributed by atoms with van der Waals surface area (Å²) in [5, 5.41) is 6.74. The van der Waals surface area contributed by atoms with Crippen molar-refractivity contribution in [1.29, 1.82) is 0 Å². The third-order valence-corrected chi connectivity index (χ3v) is 7.37. The predicted octanol–water partition coefficient (Wildman–Crippen LogP) is 6.52. The van der Waals surface area contributed by atoms with Crippen LogP contribution < -0.4 is 5.32 Å². The second-order valence-corrected chi connectivity index (χ2v) is 10.7. The summed E-state index contributed by atoms with van der Waals surface area (Å²) in [6.45, 7) is 7.60. The van der Waals surface area contributed by atoms with E-state index in [0.717, 1.165) is 41.6 Å². The highest BCUT2D eigenvalue weighted by Gasteiger charge is 2.25. The summed E-state index contributed by atoms with van der Waals surface area (Å²) >= 11 is 0. The van der Waals surface area contributed by atoms with Crippen molar-refractivity contribution in [3.05, 3.63) is 101 Å². The number of hydrogen-bond acceptors (Lipinski definition) is 5. The molecule has 0 radical (unpaired) electrons. The van der Waals surface area contributed by atoms with Crippen molar-refractivity contribution in [1.82, 2.24) is 15.0 Å². The van der Waals surface area contributed by atoms with Gasteiger partial charge in [-0.25, -0.2) is 0 Å². The minimum atomic E-state index is -0.234. The third-order valence-electron chi connectivity index (χ3n) is 7.37. The fourth-order valence-corrected chi connectivity index (χ4v) is 5.08. The van der Waals surface area contributed by atoms with Gasteiger partial charge in [0, 0.05) is 41.8 Å².